The van der Waals surface area contributed by atoms with E-state index in [2.05, 4.69) is 5.32 Å². The van der Waals surface area contributed by atoms with Crippen LogP contribution in [0.2, 0.25) is 10.0 Å². The average Bonchev–Trinajstić information content (AvgIpc) is 2.38. The Kier molecular flexibility index (Phi) is 6.08. The van der Waals surface area contributed by atoms with E-state index in [4.69, 9.17) is 28.9 Å². The number of likely N-dealkylation sites (N-methyl/N-ethyl adjacent to an activating group) is 1. The highest BCUT2D eigenvalue weighted by atomic mass is 35.5. The van der Waals surface area contributed by atoms with E-state index >= 15 is 0 Å². The van der Waals surface area contributed by atoms with Crippen molar-refractivity contribution in [2.24, 2.45) is 5.73 Å². The van der Waals surface area contributed by atoms with Gasteiger partial charge in [-0.2, -0.15) is 0 Å². The molecule has 5 nitrogen and oxygen atoms in total. The number of carbonyl (C=O) groups excluding carboxylic acids is 2. The van der Waals surface area contributed by atoms with Gasteiger partial charge in [0.2, 0.25) is 11.8 Å². The Hall–Kier alpha value is -1.30. The molecule has 2 amide bonds. The van der Waals surface area contributed by atoms with Crippen molar-refractivity contribution in [2.45, 2.75) is 6.54 Å². The third kappa shape index (κ3) is 5.06. The fraction of sp³-hybridized carbons (Fsp3) is 0.333. The maximum absolute atomic E-state index is 11.7. The Labute approximate surface area is 121 Å². The average molecular weight is 304 g/mol. The molecule has 0 fully saturated rings. The summed E-state index contributed by atoms with van der Waals surface area (Å²) >= 11 is 11.8. The van der Waals surface area contributed by atoms with E-state index in [-0.39, 0.29) is 24.9 Å². The standard InChI is InChI=1S/C12H15Cl2N3O2/c1-17(12(19)6-16-11(18)5-15)7-8-2-3-9(13)4-10(8)14/h2-4H,5-7,15H2,1H3,(H,16,18). The van der Waals surface area contributed by atoms with Gasteiger partial charge in [0.1, 0.15) is 0 Å². The predicted molar refractivity (Wildman–Crippen MR) is 75.0 cm³/mol. The summed E-state index contributed by atoms with van der Waals surface area (Å²) in [7, 11) is 1.63. The van der Waals surface area contributed by atoms with E-state index in [1.165, 1.54) is 4.90 Å². The van der Waals surface area contributed by atoms with Gasteiger partial charge >= 0.3 is 0 Å². The van der Waals surface area contributed by atoms with Crippen LogP contribution in [0.5, 0.6) is 0 Å². The fourth-order valence-electron chi connectivity index (χ4n) is 1.37. The molecule has 0 saturated carbocycles. The summed E-state index contributed by atoms with van der Waals surface area (Å²) in [6, 6.07) is 5.08. The molecular weight excluding hydrogens is 289 g/mol. The maximum Gasteiger partial charge on any atom is 0.242 e. The molecule has 19 heavy (non-hydrogen) atoms. The maximum atomic E-state index is 11.7. The highest BCUT2D eigenvalue weighted by molar-refractivity contribution is 6.35. The van der Waals surface area contributed by atoms with Crippen LogP contribution in [-0.4, -0.2) is 36.9 Å². The first kappa shape index (κ1) is 15.8. The smallest absolute Gasteiger partial charge is 0.242 e. The number of amides is 2. The van der Waals surface area contributed by atoms with Crippen LogP contribution >= 0.6 is 23.2 Å². The number of nitrogens with two attached hydrogens (primary N) is 1. The second kappa shape index (κ2) is 7.33. The van der Waals surface area contributed by atoms with Crippen LogP contribution < -0.4 is 11.1 Å². The Morgan fingerprint density at radius 1 is 1.37 bits per heavy atom. The monoisotopic (exact) mass is 303 g/mol. The minimum absolute atomic E-state index is 0.0856. The summed E-state index contributed by atoms with van der Waals surface area (Å²) in [5.74, 6) is -0.598. The minimum Gasteiger partial charge on any atom is -0.346 e. The van der Waals surface area contributed by atoms with Gasteiger partial charge in [0.15, 0.2) is 0 Å². The summed E-state index contributed by atoms with van der Waals surface area (Å²) in [6.07, 6.45) is 0. The molecule has 0 aliphatic heterocycles. The molecule has 0 saturated heterocycles. The third-order valence-electron chi connectivity index (χ3n) is 2.47. The van der Waals surface area contributed by atoms with Crippen LogP contribution in [0.25, 0.3) is 0 Å². The van der Waals surface area contributed by atoms with Crippen molar-refractivity contribution in [3.63, 3.8) is 0 Å². The van der Waals surface area contributed by atoms with Gasteiger partial charge in [0, 0.05) is 23.6 Å². The van der Waals surface area contributed by atoms with Gasteiger partial charge in [-0.3, -0.25) is 9.59 Å². The van der Waals surface area contributed by atoms with Crippen LogP contribution in [0.1, 0.15) is 5.56 Å². The number of nitrogens with one attached hydrogen (secondary N) is 1. The highest BCUT2D eigenvalue weighted by Gasteiger charge is 2.12. The third-order valence-corrected chi connectivity index (χ3v) is 3.06. The molecule has 0 radical (unpaired) electrons. The minimum atomic E-state index is -0.369. The molecule has 1 aromatic carbocycles. The first-order valence-corrected chi connectivity index (χ1v) is 6.34. The molecule has 0 spiro atoms. The lowest BCUT2D eigenvalue weighted by molar-refractivity contribution is -0.131. The number of carbonyl (C=O) groups is 2. The van der Waals surface area contributed by atoms with E-state index in [1.54, 1.807) is 25.2 Å². The number of rotatable bonds is 5. The number of benzene rings is 1. The zero-order chi connectivity index (χ0) is 14.4. The second-order valence-corrected chi connectivity index (χ2v) is 4.81. The van der Waals surface area contributed by atoms with Gasteiger partial charge in [-0.25, -0.2) is 0 Å². The number of hydrogen-bond acceptors (Lipinski definition) is 3. The van der Waals surface area contributed by atoms with E-state index in [1.807, 2.05) is 0 Å². The SMILES string of the molecule is CN(Cc1ccc(Cl)cc1Cl)C(=O)CNC(=O)CN. The van der Waals surface area contributed by atoms with Crippen molar-refractivity contribution in [1.82, 2.24) is 10.2 Å². The topological polar surface area (TPSA) is 75.4 Å². The van der Waals surface area contributed by atoms with Crippen molar-refractivity contribution in [2.75, 3.05) is 20.1 Å². The molecule has 0 atom stereocenters. The van der Waals surface area contributed by atoms with E-state index < -0.39 is 0 Å². The normalized spacial score (nSPS) is 10.1. The fourth-order valence-corrected chi connectivity index (χ4v) is 1.84. The van der Waals surface area contributed by atoms with Gasteiger partial charge < -0.3 is 16.0 Å². The van der Waals surface area contributed by atoms with Crippen molar-refractivity contribution < 1.29 is 9.59 Å². The molecule has 0 aliphatic carbocycles. The number of hydrogen-bond donors (Lipinski definition) is 2. The van der Waals surface area contributed by atoms with E-state index in [0.29, 0.717) is 16.6 Å². The largest absolute Gasteiger partial charge is 0.346 e. The first-order chi connectivity index (χ1) is 8.93. The van der Waals surface area contributed by atoms with Crippen LogP contribution in [0.15, 0.2) is 18.2 Å². The zero-order valence-corrected chi connectivity index (χ0v) is 12.0. The number of nitrogens with zero attached hydrogens (tertiary/aromatic N) is 1. The van der Waals surface area contributed by atoms with Crippen molar-refractivity contribution in [1.29, 1.82) is 0 Å². The second-order valence-electron chi connectivity index (χ2n) is 3.97. The van der Waals surface area contributed by atoms with Crippen molar-refractivity contribution in [3.05, 3.63) is 33.8 Å². The zero-order valence-electron chi connectivity index (χ0n) is 10.5. The van der Waals surface area contributed by atoms with Gasteiger partial charge in [-0.1, -0.05) is 29.3 Å². The van der Waals surface area contributed by atoms with Gasteiger partial charge in [0.05, 0.1) is 13.1 Å². The number of halogens is 2. The summed E-state index contributed by atoms with van der Waals surface area (Å²) in [5.41, 5.74) is 5.91. The van der Waals surface area contributed by atoms with Crippen LogP contribution in [0.3, 0.4) is 0 Å². The lowest BCUT2D eigenvalue weighted by atomic mass is 10.2. The Morgan fingerprint density at radius 3 is 2.63 bits per heavy atom. The predicted octanol–water partition coefficient (Wildman–Crippen LogP) is 1.03. The summed E-state index contributed by atoms with van der Waals surface area (Å²) in [4.78, 5) is 24.2. The first-order valence-electron chi connectivity index (χ1n) is 5.58. The Morgan fingerprint density at radius 2 is 2.05 bits per heavy atom. The van der Waals surface area contributed by atoms with Crippen LogP contribution in [0.4, 0.5) is 0 Å². The molecule has 0 aromatic heterocycles. The van der Waals surface area contributed by atoms with Gasteiger partial charge in [-0.05, 0) is 17.7 Å². The van der Waals surface area contributed by atoms with E-state index in [0.717, 1.165) is 5.56 Å². The van der Waals surface area contributed by atoms with Crippen LogP contribution in [-0.2, 0) is 16.1 Å². The highest BCUT2D eigenvalue weighted by Crippen LogP contribution is 2.21. The summed E-state index contributed by atoms with van der Waals surface area (Å²) < 4.78 is 0. The quantitative estimate of drug-likeness (QED) is 0.853. The summed E-state index contributed by atoms with van der Waals surface area (Å²) in [6.45, 7) is 0.116. The molecule has 1 aromatic rings. The van der Waals surface area contributed by atoms with E-state index in [9.17, 15) is 9.59 Å². The summed E-state index contributed by atoms with van der Waals surface area (Å²) in [5, 5.41) is 3.45. The van der Waals surface area contributed by atoms with Gasteiger partial charge in [0.25, 0.3) is 0 Å². The molecule has 3 N–H and O–H groups in total. The molecular formula is C12H15Cl2N3O2. The molecule has 7 heteroatoms. The van der Waals surface area contributed by atoms with Crippen LogP contribution in [0, 0.1) is 0 Å². The Bertz CT molecular complexity index is 480. The molecule has 0 bridgehead atoms. The molecule has 0 unspecified atom stereocenters. The molecule has 1 rings (SSSR count). The molecule has 0 heterocycles. The molecule has 104 valence electrons. The van der Waals surface area contributed by atoms with Crippen molar-refractivity contribution in [3.8, 4) is 0 Å². The lowest BCUT2D eigenvalue weighted by Crippen LogP contribution is -2.40. The lowest BCUT2D eigenvalue weighted by Gasteiger charge is -2.18. The Balaban J connectivity index is 2.56. The molecule has 0 aliphatic rings. The van der Waals surface area contributed by atoms with Gasteiger partial charge in [-0.15, -0.1) is 0 Å². The van der Waals surface area contributed by atoms with Crippen molar-refractivity contribution >= 4 is 35.0 Å².